The van der Waals surface area contributed by atoms with Gasteiger partial charge in [-0.25, -0.2) is 0 Å². The molecule has 1 aromatic carbocycles. The number of hydrogen-bond acceptors (Lipinski definition) is 4. The number of nitrogens with one attached hydrogen (secondary N) is 2. The van der Waals surface area contributed by atoms with Crippen LogP contribution in [0.1, 0.15) is 6.92 Å². The number of anilines is 1. The molecular weight excluding hydrogens is 286 g/mol. The van der Waals surface area contributed by atoms with Crippen LogP contribution < -0.4 is 16.4 Å². The predicted octanol–water partition coefficient (Wildman–Crippen LogP) is 1.27. The first-order valence-corrected chi connectivity index (χ1v) is 7.04. The Morgan fingerprint density at radius 1 is 1.32 bits per heavy atom. The van der Waals surface area contributed by atoms with E-state index in [4.69, 9.17) is 17.3 Å². The van der Waals surface area contributed by atoms with Crippen molar-refractivity contribution >= 4 is 40.9 Å². The first kappa shape index (κ1) is 15.7. The van der Waals surface area contributed by atoms with E-state index in [1.165, 1.54) is 18.7 Å². The molecule has 0 radical (unpaired) electrons. The number of carbonyl (C=O) groups is 2. The molecule has 1 aromatic rings. The molecule has 0 saturated carbocycles. The summed E-state index contributed by atoms with van der Waals surface area (Å²) in [7, 11) is 0. The summed E-state index contributed by atoms with van der Waals surface area (Å²) in [5.74, 6) is 0.0231. The smallest absolute Gasteiger partial charge is 0.230 e. The summed E-state index contributed by atoms with van der Waals surface area (Å²) in [6.07, 6.45) is 0. The maximum Gasteiger partial charge on any atom is 0.230 e. The van der Waals surface area contributed by atoms with Gasteiger partial charge in [-0.05, 0) is 18.2 Å². The Morgan fingerprint density at radius 3 is 2.68 bits per heavy atom. The van der Waals surface area contributed by atoms with Crippen molar-refractivity contribution in [3.8, 4) is 0 Å². The van der Waals surface area contributed by atoms with Crippen LogP contribution in [0.25, 0.3) is 0 Å². The van der Waals surface area contributed by atoms with E-state index in [9.17, 15) is 9.59 Å². The molecule has 0 aliphatic heterocycles. The highest BCUT2D eigenvalue weighted by Gasteiger charge is 2.05. The molecule has 19 heavy (non-hydrogen) atoms. The van der Waals surface area contributed by atoms with Gasteiger partial charge >= 0.3 is 0 Å². The summed E-state index contributed by atoms with van der Waals surface area (Å²) in [6.45, 7) is 2.26. The van der Waals surface area contributed by atoms with Gasteiger partial charge in [0.25, 0.3) is 0 Å². The second-order valence-electron chi connectivity index (χ2n) is 3.80. The third kappa shape index (κ3) is 6.35. The van der Waals surface area contributed by atoms with Crippen LogP contribution in [0.2, 0.25) is 5.02 Å². The fourth-order valence-electron chi connectivity index (χ4n) is 1.27. The number of thioether (sulfide) groups is 1. The Balaban J connectivity index is 2.30. The lowest BCUT2D eigenvalue weighted by molar-refractivity contribution is -0.120. The lowest BCUT2D eigenvalue weighted by Gasteiger charge is -2.07. The molecule has 0 aromatic heterocycles. The van der Waals surface area contributed by atoms with Gasteiger partial charge in [0.05, 0.1) is 5.75 Å². The normalized spacial score (nSPS) is 10.0. The quantitative estimate of drug-likeness (QED) is 0.420. The van der Waals surface area contributed by atoms with Crippen molar-refractivity contribution in [2.24, 2.45) is 0 Å². The number of rotatable bonds is 6. The van der Waals surface area contributed by atoms with E-state index in [0.717, 1.165) is 4.90 Å². The maximum absolute atomic E-state index is 11.5. The number of nitrogens with two attached hydrogens (primary N) is 1. The number of halogens is 1. The number of benzene rings is 1. The van der Waals surface area contributed by atoms with E-state index >= 15 is 0 Å². The largest absolute Gasteiger partial charge is 0.398 e. The molecule has 0 spiro atoms. The van der Waals surface area contributed by atoms with E-state index in [-0.39, 0.29) is 17.6 Å². The highest BCUT2D eigenvalue weighted by molar-refractivity contribution is 8.00. The molecule has 7 heteroatoms. The monoisotopic (exact) mass is 301 g/mol. The third-order valence-corrected chi connectivity index (χ3v) is 3.46. The minimum Gasteiger partial charge on any atom is -0.398 e. The molecule has 1 rings (SSSR count). The molecule has 0 saturated heterocycles. The van der Waals surface area contributed by atoms with Crippen molar-refractivity contribution in [2.45, 2.75) is 11.8 Å². The van der Waals surface area contributed by atoms with Crippen molar-refractivity contribution in [3.05, 3.63) is 23.2 Å². The van der Waals surface area contributed by atoms with Crippen LogP contribution in [-0.4, -0.2) is 30.7 Å². The van der Waals surface area contributed by atoms with Gasteiger partial charge in [-0.3, -0.25) is 9.59 Å². The van der Waals surface area contributed by atoms with Crippen molar-refractivity contribution in [1.29, 1.82) is 0 Å². The summed E-state index contributed by atoms with van der Waals surface area (Å²) in [4.78, 5) is 22.9. The molecule has 0 atom stereocenters. The highest BCUT2D eigenvalue weighted by Crippen LogP contribution is 2.27. The van der Waals surface area contributed by atoms with E-state index in [0.29, 0.717) is 23.8 Å². The van der Waals surface area contributed by atoms with Crippen LogP contribution in [0.4, 0.5) is 5.69 Å². The molecule has 4 N–H and O–H groups in total. The first-order valence-electron chi connectivity index (χ1n) is 5.68. The molecule has 0 heterocycles. The zero-order valence-electron chi connectivity index (χ0n) is 10.5. The molecule has 2 amide bonds. The molecule has 0 bridgehead atoms. The summed E-state index contributed by atoms with van der Waals surface area (Å²) < 4.78 is 0. The lowest BCUT2D eigenvalue weighted by Crippen LogP contribution is -2.34. The lowest BCUT2D eigenvalue weighted by atomic mass is 10.3. The SMILES string of the molecule is CC(=O)NCCNC(=O)CSc1cc(Cl)ccc1N. The fraction of sp³-hybridized carbons (Fsp3) is 0.333. The zero-order valence-corrected chi connectivity index (χ0v) is 12.1. The summed E-state index contributed by atoms with van der Waals surface area (Å²) in [5, 5.41) is 5.87. The van der Waals surface area contributed by atoms with Gasteiger partial charge in [-0.15, -0.1) is 11.8 Å². The van der Waals surface area contributed by atoms with Crippen LogP contribution in [0.3, 0.4) is 0 Å². The van der Waals surface area contributed by atoms with E-state index in [1.807, 2.05) is 0 Å². The standard InChI is InChI=1S/C12H16ClN3O2S/c1-8(17)15-4-5-16-12(18)7-19-11-6-9(13)2-3-10(11)14/h2-3,6H,4-5,7,14H2,1H3,(H,15,17)(H,16,18). The second-order valence-corrected chi connectivity index (χ2v) is 5.26. The van der Waals surface area contributed by atoms with Crippen molar-refractivity contribution < 1.29 is 9.59 Å². The minimum absolute atomic E-state index is 0.115. The van der Waals surface area contributed by atoms with Crippen molar-refractivity contribution in [3.63, 3.8) is 0 Å². The molecule has 5 nitrogen and oxygen atoms in total. The Kier molecular flexibility index (Phi) is 6.52. The average molecular weight is 302 g/mol. The summed E-state index contributed by atoms with van der Waals surface area (Å²) in [5.41, 5.74) is 6.37. The van der Waals surface area contributed by atoms with E-state index < -0.39 is 0 Å². The van der Waals surface area contributed by atoms with Crippen LogP contribution in [0, 0.1) is 0 Å². The Labute approximate surface area is 121 Å². The fourth-order valence-corrected chi connectivity index (χ4v) is 2.34. The predicted molar refractivity (Wildman–Crippen MR) is 78.3 cm³/mol. The molecule has 0 aliphatic carbocycles. The van der Waals surface area contributed by atoms with Crippen LogP contribution in [0.15, 0.2) is 23.1 Å². The number of amides is 2. The number of nitrogen functional groups attached to an aromatic ring is 1. The molecular formula is C12H16ClN3O2S. The Hall–Kier alpha value is -1.40. The molecule has 0 unspecified atom stereocenters. The third-order valence-electron chi connectivity index (χ3n) is 2.16. The molecule has 104 valence electrons. The second kappa shape index (κ2) is 7.91. The van der Waals surface area contributed by atoms with Crippen LogP contribution in [-0.2, 0) is 9.59 Å². The Morgan fingerprint density at radius 2 is 2.00 bits per heavy atom. The van der Waals surface area contributed by atoms with Crippen LogP contribution in [0.5, 0.6) is 0 Å². The van der Waals surface area contributed by atoms with E-state index in [1.54, 1.807) is 18.2 Å². The number of carbonyl (C=O) groups excluding carboxylic acids is 2. The molecule has 0 fully saturated rings. The summed E-state index contributed by atoms with van der Waals surface area (Å²) in [6, 6.07) is 5.14. The maximum atomic E-state index is 11.5. The van der Waals surface area contributed by atoms with Crippen molar-refractivity contribution in [1.82, 2.24) is 10.6 Å². The van der Waals surface area contributed by atoms with Gasteiger partial charge in [-0.1, -0.05) is 11.6 Å². The highest BCUT2D eigenvalue weighted by atomic mass is 35.5. The van der Waals surface area contributed by atoms with Gasteiger partial charge in [0.15, 0.2) is 0 Å². The average Bonchev–Trinajstić information content (AvgIpc) is 2.35. The first-order chi connectivity index (χ1) is 8.99. The number of hydrogen-bond donors (Lipinski definition) is 3. The topological polar surface area (TPSA) is 84.2 Å². The van der Waals surface area contributed by atoms with Crippen LogP contribution >= 0.6 is 23.4 Å². The Bertz CT molecular complexity index is 468. The van der Waals surface area contributed by atoms with Gasteiger partial charge < -0.3 is 16.4 Å². The van der Waals surface area contributed by atoms with Gasteiger partial charge in [0.2, 0.25) is 11.8 Å². The van der Waals surface area contributed by atoms with Gasteiger partial charge in [0, 0.05) is 35.6 Å². The van der Waals surface area contributed by atoms with Gasteiger partial charge in [-0.2, -0.15) is 0 Å². The van der Waals surface area contributed by atoms with Crippen molar-refractivity contribution in [2.75, 3.05) is 24.6 Å². The zero-order chi connectivity index (χ0) is 14.3. The van der Waals surface area contributed by atoms with Gasteiger partial charge in [0.1, 0.15) is 0 Å². The molecule has 0 aliphatic rings. The summed E-state index contributed by atoms with van der Waals surface area (Å²) >= 11 is 7.18. The van der Waals surface area contributed by atoms with E-state index in [2.05, 4.69) is 10.6 Å². The minimum atomic E-state index is -0.116.